The summed E-state index contributed by atoms with van der Waals surface area (Å²) in [5.41, 5.74) is 2.12. The Bertz CT molecular complexity index is 860. The van der Waals surface area contributed by atoms with Gasteiger partial charge in [0.1, 0.15) is 23.0 Å². The fraction of sp³-hybridized carbons (Fsp3) is 0.238. The van der Waals surface area contributed by atoms with Gasteiger partial charge in [0.15, 0.2) is 0 Å². The molecule has 26 heavy (non-hydrogen) atoms. The molecule has 1 N–H and O–H groups in total. The van der Waals surface area contributed by atoms with Crippen LogP contribution in [0.4, 0.5) is 0 Å². The van der Waals surface area contributed by atoms with Crippen LogP contribution >= 0.6 is 11.6 Å². The Morgan fingerprint density at radius 1 is 0.962 bits per heavy atom. The molecule has 1 heterocycles. The van der Waals surface area contributed by atoms with Crippen molar-refractivity contribution in [2.75, 3.05) is 20.8 Å². The fourth-order valence-corrected chi connectivity index (χ4v) is 3.05. The van der Waals surface area contributed by atoms with Crippen molar-refractivity contribution in [3.05, 3.63) is 70.9 Å². The number of furan rings is 1. The number of methoxy groups -OCH3 is 2. The van der Waals surface area contributed by atoms with E-state index in [0.29, 0.717) is 17.3 Å². The minimum absolute atomic E-state index is 0.567. The summed E-state index contributed by atoms with van der Waals surface area (Å²) in [5, 5.41) is 3.97. The molecule has 0 aliphatic carbocycles. The van der Waals surface area contributed by atoms with E-state index in [1.54, 1.807) is 14.2 Å². The number of nitrogens with one attached hydrogen (secondary N) is 1. The molecule has 0 saturated carbocycles. The van der Waals surface area contributed by atoms with Crippen molar-refractivity contribution in [3.8, 4) is 22.8 Å². The maximum Gasteiger partial charge on any atom is 0.137 e. The number of ether oxygens (including phenoxy) is 2. The van der Waals surface area contributed by atoms with Crippen molar-refractivity contribution in [1.82, 2.24) is 5.32 Å². The molecule has 0 spiro atoms. The third-order valence-corrected chi connectivity index (χ3v) is 4.46. The van der Waals surface area contributed by atoms with Gasteiger partial charge < -0.3 is 19.2 Å². The van der Waals surface area contributed by atoms with Gasteiger partial charge >= 0.3 is 0 Å². The van der Waals surface area contributed by atoms with Crippen LogP contribution in [-0.4, -0.2) is 20.8 Å². The smallest absolute Gasteiger partial charge is 0.137 e. The first-order chi connectivity index (χ1) is 12.7. The normalized spacial score (nSPS) is 10.7. The fourth-order valence-electron chi connectivity index (χ4n) is 2.79. The van der Waals surface area contributed by atoms with Crippen molar-refractivity contribution < 1.29 is 13.9 Å². The third kappa shape index (κ3) is 4.40. The average molecular weight is 372 g/mol. The maximum atomic E-state index is 6.18. The van der Waals surface area contributed by atoms with E-state index >= 15 is 0 Å². The summed E-state index contributed by atoms with van der Waals surface area (Å²) >= 11 is 6.18. The molecule has 0 bridgehead atoms. The van der Waals surface area contributed by atoms with Crippen molar-refractivity contribution in [2.24, 2.45) is 0 Å². The third-order valence-electron chi connectivity index (χ3n) is 4.16. The highest BCUT2D eigenvalue weighted by Crippen LogP contribution is 2.31. The Morgan fingerprint density at radius 3 is 2.54 bits per heavy atom. The summed E-state index contributed by atoms with van der Waals surface area (Å²) in [4.78, 5) is 0. The van der Waals surface area contributed by atoms with E-state index in [4.69, 9.17) is 25.5 Å². The minimum Gasteiger partial charge on any atom is -0.496 e. The van der Waals surface area contributed by atoms with E-state index in [1.165, 1.54) is 5.56 Å². The van der Waals surface area contributed by atoms with Gasteiger partial charge in [0.2, 0.25) is 0 Å². The largest absolute Gasteiger partial charge is 0.496 e. The molecule has 2 aromatic carbocycles. The lowest BCUT2D eigenvalue weighted by Gasteiger charge is -2.08. The summed E-state index contributed by atoms with van der Waals surface area (Å²) in [5.74, 6) is 3.24. The Labute approximate surface area is 158 Å². The number of para-hydroxylation sites is 1. The highest BCUT2D eigenvalue weighted by atomic mass is 35.5. The van der Waals surface area contributed by atoms with Crippen LogP contribution < -0.4 is 14.8 Å². The molecule has 0 saturated heterocycles. The molecule has 1 aromatic heterocycles. The van der Waals surface area contributed by atoms with Crippen molar-refractivity contribution in [1.29, 1.82) is 0 Å². The van der Waals surface area contributed by atoms with Gasteiger partial charge in [0.05, 0.1) is 25.8 Å². The quantitative estimate of drug-likeness (QED) is 0.569. The predicted molar refractivity (Wildman–Crippen MR) is 104 cm³/mol. The molecule has 136 valence electrons. The zero-order valence-electron chi connectivity index (χ0n) is 14.9. The number of rotatable bonds is 8. The second-order valence-corrected chi connectivity index (χ2v) is 6.26. The first-order valence-electron chi connectivity index (χ1n) is 8.46. The zero-order valence-corrected chi connectivity index (χ0v) is 15.7. The van der Waals surface area contributed by atoms with Gasteiger partial charge in [0, 0.05) is 5.56 Å². The second-order valence-electron chi connectivity index (χ2n) is 5.85. The van der Waals surface area contributed by atoms with Crippen LogP contribution in [0.15, 0.2) is 59.0 Å². The molecule has 0 fully saturated rings. The van der Waals surface area contributed by atoms with Crippen LogP contribution in [0.1, 0.15) is 11.3 Å². The van der Waals surface area contributed by atoms with Crippen molar-refractivity contribution in [3.63, 3.8) is 0 Å². The topological polar surface area (TPSA) is 43.6 Å². The predicted octanol–water partition coefficient (Wildman–Crippen LogP) is 4.95. The van der Waals surface area contributed by atoms with E-state index in [9.17, 15) is 0 Å². The minimum atomic E-state index is 0.567. The molecule has 3 rings (SSSR count). The molecule has 5 heteroatoms. The Balaban J connectivity index is 1.55. The molecular formula is C21H22ClNO3. The van der Waals surface area contributed by atoms with Gasteiger partial charge in [-0.25, -0.2) is 0 Å². The Morgan fingerprint density at radius 2 is 1.77 bits per heavy atom. The molecule has 3 aromatic rings. The van der Waals surface area contributed by atoms with E-state index in [-0.39, 0.29) is 0 Å². The van der Waals surface area contributed by atoms with Crippen LogP contribution in [0, 0.1) is 0 Å². The van der Waals surface area contributed by atoms with Crippen LogP contribution in [-0.2, 0) is 13.0 Å². The molecule has 0 radical (unpaired) electrons. The standard InChI is InChI=1S/C21H22ClNO3/c1-24-19-6-4-3-5-15(19)11-12-23-14-17-8-10-20(26-17)16-7-9-21(25-2)18(22)13-16/h3-10,13,23H,11-12,14H2,1-2H3. The summed E-state index contributed by atoms with van der Waals surface area (Å²) in [7, 11) is 3.30. The second kappa shape index (κ2) is 8.79. The van der Waals surface area contributed by atoms with Gasteiger partial charge in [-0.1, -0.05) is 29.8 Å². The SMILES string of the molecule is COc1ccc(-c2ccc(CNCCc3ccccc3OC)o2)cc1Cl. The Hall–Kier alpha value is -2.43. The first-order valence-corrected chi connectivity index (χ1v) is 8.84. The number of hydrogen-bond donors (Lipinski definition) is 1. The van der Waals surface area contributed by atoms with Gasteiger partial charge in [-0.05, 0) is 54.9 Å². The molecule has 0 aliphatic rings. The van der Waals surface area contributed by atoms with Crippen molar-refractivity contribution in [2.45, 2.75) is 13.0 Å². The Kier molecular flexibility index (Phi) is 6.21. The monoisotopic (exact) mass is 371 g/mol. The van der Waals surface area contributed by atoms with E-state index < -0.39 is 0 Å². The van der Waals surface area contributed by atoms with Gasteiger partial charge in [0.25, 0.3) is 0 Å². The summed E-state index contributed by atoms with van der Waals surface area (Å²) < 4.78 is 16.5. The lowest BCUT2D eigenvalue weighted by atomic mass is 10.1. The molecule has 0 unspecified atom stereocenters. The van der Waals surface area contributed by atoms with Crippen LogP contribution in [0.2, 0.25) is 5.02 Å². The number of hydrogen-bond acceptors (Lipinski definition) is 4. The van der Waals surface area contributed by atoms with Gasteiger partial charge in [-0.3, -0.25) is 0 Å². The average Bonchev–Trinajstić information content (AvgIpc) is 3.14. The molecule has 4 nitrogen and oxygen atoms in total. The van der Waals surface area contributed by atoms with Crippen LogP contribution in [0.25, 0.3) is 11.3 Å². The van der Waals surface area contributed by atoms with E-state index in [2.05, 4.69) is 11.4 Å². The highest BCUT2D eigenvalue weighted by Gasteiger charge is 2.08. The summed E-state index contributed by atoms with van der Waals surface area (Å²) in [6.45, 7) is 1.50. The first kappa shape index (κ1) is 18.4. The summed E-state index contributed by atoms with van der Waals surface area (Å²) in [6.07, 6.45) is 0.895. The molecule has 0 aliphatic heterocycles. The van der Waals surface area contributed by atoms with Crippen LogP contribution in [0.5, 0.6) is 11.5 Å². The van der Waals surface area contributed by atoms with Gasteiger partial charge in [-0.15, -0.1) is 0 Å². The zero-order chi connectivity index (χ0) is 18.4. The molecule has 0 atom stereocenters. The van der Waals surface area contributed by atoms with E-state index in [0.717, 1.165) is 35.8 Å². The molecular weight excluding hydrogens is 350 g/mol. The van der Waals surface area contributed by atoms with Gasteiger partial charge in [-0.2, -0.15) is 0 Å². The highest BCUT2D eigenvalue weighted by molar-refractivity contribution is 6.32. The maximum absolute atomic E-state index is 6.18. The van der Waals surface area contributed by atoms with Crippen molar-refractivity contribution >= 4 is 11.6 Å². The van der Waals surface area contributed by atoms with Crippen LogP contribution in [0.3, 0.4) is 0 Å². The molecule has 0 amide bonds. The van der Waals surface area contributed by atoms with E-state index in [1.807, 2.05) is 48.5 Å². The summed E-state index contributed by atoms with van der Waals surface area (Å²) in [6, 6.07) is 17.6. The lowest BCUT2D eigenvalue weighted by molar-refractivity contribution is 0.408. The number of benzene rings is 2. The number of halogens is 1. The lowest BCUT2D eigenvalue weighted by Crippen LogP contribution is -2.16.